The minimum absolute atomic E-state index is 0.631. The van der Waals surface area contributed by atoms with Crippen LogP contribution in [0.2, 0.25) is 0 Å². The Morgan fingerprint density at radius 3 is 2.85 bits per heavy atom. The molecule has 0 bridgehead atoms. The van der Waals surface area contributed by atoms with Gasteiger partial charge in [-0.15, -0.1) is 11.3 Å². The van der Waals surface area contributed by atoms with Gasteiger partial charge in [-0.2, -0.15) is 0 Å². The summed E-state index contributed by atoms with van der Waals surface area (Å²) in [6, 6.07) is 0. The van der Waals surface area contributed by atoms with Crippen LogP contribution in [0.5, 0.6) is 0 Å². The van der Waals surface area contributed by atoms with Gasteiger partial charge in [0.15, 0.2) is 0 Å². The highest BCUT2D eigenvalue weighted by atomic mass is 79.9. The van der Waals surface area contributed by atoms with Gasteiger partial charge in [0, 0.05) is 4.88 Å². The molecule has 0 radical (unpaired) electrons. The van der Waals surface area contributed by atoms with E-state index in [1.165, 1.54) is 23.3 Å². The predicted molar refractivity (Wildman–Crippen MR) is 62.3 cm³/mol. The molecule has 1 aliphatic rings. The van der Waals surface area contributed by atoms with Crippen molar-refractivity contribution in [2.75, 3.05) is 5.73 Å². The van der Waals surface area contributed by atoms with Crippen molar-refractivity contribution in [1.29, 1.82) is 0 Å². The zero-order chi connectivity index (χ0) is 9.59. The quantitative estimate of drug-likeness (QED) is 0.754. The Morgan fingerprint density at radius 1 is 1.46 bits per heavy atom. The van der Waals surface area contributed by atoms with Crippen LogP contribution < -0.4 is 5.73 Å². The van der Waals surface area contributed by atoms with Crippen LogP contribution in [-0.4, -0.2) is 0 Å². The third kappa shape index (κ3) is 1.42. The number of aryl methyl sites for hydroxylation is 1. The molecule has 0 amide bonds. The third-order valence-electron chi connectivity index (χ3n) is 3.15. The van der Waals surface area contributed by atoms with Crippen molar-refractivity contribution in [1.82, 2.24) is 0 Å². The average Bonchev–Trinajstić information content (AvgIpc) is 2.37. The maximum atomic E-state index is 6.04. The first-order valence-electron chi connectivity index (χ1n) is 4.67. The van der Waals surface area contributed by atoms with E-state index in [1.807, 2.05) is 11.3 Å². The Labute approximate surface area is 91.5 Å². The Balaban J connectivity index is 2.51. The summed E-state index contributed by atoms with van der Waals surface area (Å²) in [4.78, 5) is 1.50. The molecular formula is C10H14BrNS. The van der Waals surface area contributed by atoms with Crippen LogP contribution in [0.4, 0.5) is 5.69 Å². The highest BCUT2D eigenvalue weighted by Gasteiger charge is 2.27. The molecule has 1 heterocycles. The summed E-state index contributed by atoms with van der Waals surface area (Å²) in [5.41, 5.74) is 8.44. The van der Waals surface area contributed by atoms with Gasteiger partial charge in [0.2, 0.25) is 0 Å². The second-order valence-corrected chi connectivity index (χ2v) is 6.35. The molecule has 2 N–H and O–H groups in total. The van der Waals surface area contributed by atoms with E-state index in [9.17, 15) is 0 Å². The van der Waals surface area contributed by atoms with E-state index >= 15 is 0 Å². The molecule has 13 heavy (non-hydrogen) atoms. The number of hydrogen-bond acceptors (Lipinski definition) is 2. The molecule has 1 aliphatic carbocycles. The highest BCUT2D eigenvalue weighted by molar-refractivity contribution is 9.11. The summed E-state index contributed by atoms with van der Waals surface area (Å²) >= 11 is 5.33. The molecule has 1 aromatic rings. The molecular weight excluding hydrogens is 246 g/mol. The van der Waals surface area contributed by atoms with Crippen LogP contribution in [-0.2, 0) is 6.42 Å². The number of hydrogen-bond donors (Lipinski definition) is 1. The van der Waals surface area contributed by atoms with Crippen molar-refractivity contribution >= 4 is 33.0 Å². The Morgan fingerprint density at radius 2 is 2.15 bits per heavy atom. The van der Waals surface area contributed by atoms with Gasteiger partial charge in [0.05, 0.1) is 9.47 Å². The van der Waals surface area contributed by atoms with E-state index in [-0.39, 0.29) is 0 Å². The summed E-state index contributed by atoms with van der Waals surface area (Å²) in [6.07, 6.45) is 2.52. The molecule has 2 unspecified atom stereocenters. The van der Waals surface area contributed by atoms with Crippen molar-refractivity contribution in [2.45, 2.75) is 32.6 Å². The first-order valence-corrected chi connectivity index (χ1v) is 6.28. The van der Waals surface area contributed by atoms with Gasteiger partial charge >= 0.3 is 0 Å². The molecule has 0 spiro atoms. The van der Waals surface area contributed by atoms with Gasteiger partial charge in [-0.05, 0) is 46.2 Å². The fraction of sp³-hybridized carbons (Fsp3) is 0.600. The van der Waals surface area contributed by atoms with Crippen LogP contribution in [0.25, 0.3) is 0 Å². The molecule has 0 saturated heterocycles. The number of nitrogens with two attached hydrogens (primary N) is 1. The van der Waals surface area contributed by atoms with Crippen LogP contribution >= 0.6 is 27.3 Å². The van der Waals surface area contributed by atoms with E-state index in [0.717, 1.165) is 15.4 Å². The standard InChI is InChI=1S/C10H14BrNS/c1-5-3-4-7-8(6(5)2)9(12)10(11)13-7/h5-6H,3-4,12H2,1-2H3. The normalized spacial score (nSPS) is 27.3. The number of halogens is 1. The van der Waals surface area contributed by atoms with E-state index in [2.05, 4.69) is 29.8 Å². The number of thiophene rings is 1. The van der Waals surface area contributed by atoms with Gasteiger partial charge in [-0.1, -0.05) is 13.8 Å². The summed E-state index contributed by atoms with van der Waals surface area (Å²) in [6.45, 7) is 4.61. The number of fused-ring (bicyclic) bond motifs is 1. The smallest absolute Gasteiger partial charge is 0.0933 e. The fourth-order valence-corrected chi connectivity index (χ4v) is 3.91. The minimum Gasteiger partial charge on any atom is -0.397 e. The number of rotatable bonds is 0. The van der Waals surface area contributed by atoms with E-state index in [4.69, 9.17) is 5.73 Å². The van der Waals surface area contributed by atoms with Crippen molar-refractivity contribution in [3.63, 3.8) is 0 Å². The number of nitrogen functional groups attached to an aromatic ring is 1. The SMILES string of the molecule is CC1CCc2sc(Br)c(N)c2C1C. The molecule has 2 atom stereocenters. The predicted octanol–water partition coefficient (Wildman–Crippen LogP) is 3.78. The monoisotopic (exact) mass is 259 g/mol. The second-order valence-electron chi connectivity index (χ2n) is 3.93. The van der Waals surface area contributed by atoms with Crippen molar-refractivity contribution in [3.8, 4) is 0 Å². The first kappa shape index (κ1) is 9.53. The minimum atomic E-state index is 0.631. The molecule has 3 heteroatoms. The zero-order valence-corrected chi connectivity index (χ0v) is 10.3. The van der Waals surface area contributed by atoms with Crippen molar-refractivity contribution in [2.24, 2.45) is 5.92 Å². The Kier molecular flexibility index (Phi) is 2.41. The van der Waals surface area contributed by atoms with Crippen LogP contribution in [0.3, 0.4) is 0 Å². The lowest BCUT2D eigenvalue weighted by atomic mass is 9.80. The lowest BCUT2D eigenvalue weighted by molar-refractivity contribution is 0.431. The van der Waals surface area contributed by atoms with Gasteiger partial charge < -0.3 is 5.73 Å². The Hall–Kier alpha value is -0.0200. The van der Waals surface area contributed by atoms with Crippen LogP contribution in [0, 0.1) is 5.92 Å². The fourth-order valence-electron chi connectivity index (χ4n) is 2.05. The molecule has 2 rings (SSSR count). The van der Waals surface area contributed by atoms with Crippen molar-refractivity contribution < 1.29 is 0 Å². The maximum absolute atomic E-state index is 6.04. The van der Waals surface area contributed by atoms with Gasteiger partial charge in [0.1, 0.15) is 0 Å². The zero-order valence-electron chi connectivity index (χ0n) is 7.93. The van der Waals surface area contributed by atoms with Crippen LogP contribution in [0.15, 0.2) is 3.79 Å². The van der Waals surface area contributed by atoms with Gasteiger partial charge in [0.25, 0.3) is 0 Å². The molecule has 0 saturated carbocycles. The molecule has 72 valence electrons. The summed E-state index contributed by atoms with van der Waals surface area (Å²) < 4.78 is 1.12. The molecule has 1 aromatic heterocycles. The first-order chi connectivity index (χ1) is 6.11. The Bertz CT molecular complexity index is 332. The molecule has 0 aromatic carbocycles. The second kappa shape index (κ2) is 3.28. The molecule has 0 fully saturated rings. The topological polar surface area (TPSA) is 26.0 Å². The van der Waals surface area contributed by atoms with E-state index < -0.39 is 0 Å². The largest absolute Gasteiger partial charge is 0.397 e. The van der Waals surface area contributed by atoms with Crippen molar-refractivity contribution in [3.05, 3.63) is 14.2 Å². The average molecular weight is 260 g/mol. The summed E-state index contributed by atoms with van der Waals surface area (Å²) in [5.74, 6) is 1.41. The van der Waals surface area contributed by atoms with Gasteiger partial charge in [-0.3, -0.25) is 0 Å². The maximum Gasteiger partial charge on any atom is 0.0933 e. The van der Waals surface area contributed by atoms with E-state index in [0.29, 0.717) is 5.92 Å². The summed E-state index contributed by atoms with van der Waals surface area (Å²) in [5, 5.41) is 0. The molecule has 0 aliphatic heterocycles. The lowest BCUT2D eigenvalue weighted by Gasteiger charge is -2.26. The summed E-state index contributed by atoms with van der Waals surface area (Å²) in [7, 11) is 0. The van der Waals surface area contributed by atoms with Gasteiger partial charge in [-0.25, -0.2) is 0 Å². The lowest BCUT2D eigenvalue weighted by Crippen LogP contribution is -2.15. The van der Waals surface area contributed by atoms with E-state index in [1.54, 1.807) is 0 Å². The highest BCUT2D eigenvalue weighted by Crippen LogP contribution is 2.46. The third-order valence-corrected chi connectivity index (χ3v) is 5.13. The van der Waals surface area contributed by atoms with Crippen LogP contribution in [0.1, 0.15) is 36.6 Å². The number of anilines is 1. The molecule has 1 nitrogen and oxygen atoms in total.